The van der Waals surface area contributed by atoms with E-state index < -0.39 is 19.7 Å². The topological polar surface area (TPSA) is 96.9 Å². The van der Waals surface area contributed by atoms with Crippen LogP contribution in [-0.4, -0.2) is 31.8 Å². The first kappa shape index (κ1) is 27.0. The molecule has 0 unspecified atom stereocenters. The number of halogens is 4. The van der Waals surface area contributed by atoms with Gasteiger partial charge in [0.25, 0.3) is 0 Å². The maximum absolute atomic E-state index is 13.6. The van der Waals surface area contributed by atoms with Crippen molar-refractivity contribution in [2.75, 3.05) is 6.61 Å². The van der Waals surface area contributed by atoms with E-state index in [0.717, 1.165) is 10.0 Å². The van der Waals surface area contributed by atoms with E-state index in [1.54, 1.807) is 22.9 Å². The van der Waals surface area contributed by atoms with Gasteiger partial charge < -0.3 is 14.5 Å². The third-order valence-electron chi connectivity index (χ3n) is 4.66. The lowest BCUT2D eigenvalue weighted by molar-refractivity contribution is 0.0474. The number of alkyl halides is 2. The molecule has 0 radical (unpaired) electrons. The number of hydrogen-bond donors (Lipinski definition) is 2. The van der Waals surface area contributed by atoms with Crippen LogP contribution in [0.15, 0.2) is 51.9 Å². The Hall–Kier alpha value is -1.62. The number of aryl methyl sites for hydroxylation is 1. The maximum atomic E-state index is 13.6. The van der Waals surface area contributed by atoms with E-state index in [-0.39, 0.29) is 19.4 Å². The Kier molecular flexibility index (Phi) is 9.05. The van der Waals surface area contributed by atoms with Crippen molar-refractivity contribution in [3.63, 3.8) is 0 Å². The van der Waals surface area contributed by atoms with Crippen LogP contribution < -0.4 is 9.54 Å². The lowest BCUT2D eigenvalue weighted by Crippen LogP contribution is -2.18. The number of benzene rings is 2. The number of aromatic nitrogens is 2. The molecule has 0 saturated carbocycles. The van der Waals surface area contributed by atoms with Crippen molar-refractivity contribution in [2.24, 2.45) is 4.99 Å². The summed E-state index contributed by atoms with van der Waals surface area (Å²) in [5, 5.41) is 5.75. The van der Waals surface area contributed by atoms with Crippen molar-refractivity contribution in [3.05, 3.63) is 56.8 Å². The minimum absolute atomic E-state index is 0.0959. The van der Waals surface area contributed by atoms with Crippen LogP contribution >= 0.6 is 46.5 Å². The van der Waals surface area contributed by atoms with Gasteiger partial charge in [0.2, 0.25) is 4.80 Å². The molecule has 3 aromatic rings. The molecule has 34 heavy (non-hydrogen) atoms. The second kappa shape index (κ2) is 11.4. The molecule has 1 aromatic heterocycles. The second-order valence-electron chi connectivity index (χ2n) is 7.25. The number of nitrogens with zero attached hydrogens (tertiary/aromatic N) is 3. The Morgan fingerprint density at radius 1 is 1.26 bits per heavy atom. The van der Waals surface area contributed by atoms with Gasteiger partial charge in [0, 0.05) is 23.0 Å². The van der Waals surface area contributed by atoms with E-state index in [0.29, 0.717) is 32.9 Å². The van der Waals surface area contributed by atoms with Crippen molar-refractivity contribution >= 4 is 52.2 Å². The molecule has 0 amide bonds. The Morgan fingerprint density at radius 2 is 2.03 bits per heavy atom. The molecule has 184 valence electrons. The van der Waals surface area contributed by atoms with Crippen molar-refractivity contribution in [3.8, 4) is 16.3 Å². The minimum atomic E-state index is -5.49. The van der Waals surface area contributed by atoms with Crippen LogP contribution in [0.1, 0.15) is 26.2 Å². The quantitative estimate of drug-likeness (QED) is 0.203. The predicted octanol–water partition coefficient (Wildman–Crippen LogP) is 6.60. The van der Waals surface area contributed by atoms with E-state index in [4.69, 9.17) is 26.1 Å². The molecule has 0 spiro atoms. The zero-order chi connectivity index (χ0) is 24.9. The molecule has 1 heterocycles. The van der Waals surface area contributed by atoms with Crippen LogP contribution in [0.5, 0.6) is 5.75 Å². The van der Waals surface area contributed by atoms with Crippen molar-refractivity contribution in [1.29, 1.82) is 0 Å². The summed E-state index contributed by atoms with van der Waals surface area (Å²) in [6.07, 6.45) is -0.784. The van der Waals surface area contributed by atoms with E-state index in [1.165, 1.54) is 11.3 Å². The number of ether oxygens (including phenoxy) is 1. The summed E-state index contributed by atoms with van der Waals surface area (Å²) in [5.74, 6) is 0.694. The van der Waals surface area contributed by atoms with Crippen LogP contribution in [0.25, 0.3) is 10.6 Å². The molecule has 3 rings (SSSR count). The summed E-state index contributed by atoms with van der Waals surface area (Å²) >= 11 is 10.8. The molecular weight excluding hydrogens is 575 g/mol. The summed E-state index contributed by atoms with van der Waals surface area (Å²) in [5.41, 5.74) is -2.65. The highest BCUT2D eigenvalue weighted by molar-refractivity contribution is 9.10. The van der Waals surface area contributed by atoms with Gasteiger partial charge in [0.1, 0.15) is 10.8 Å². The summed E-state index contributed by atoms with van der Waals surface area (Å²) in [7, 11) is -5.49. The molecule has 0 aliphatic carbocycles. The summed E-state index contributed by atoms with van der Waals surface area (Å²) in [6, 6.07) is 12.7. The Labute approximate surface area is 212 Å². The van der Waals surface area contributed by atoms with E-state index >= 15 is 0 Å². The van der Waals surface area contributed by atoms with Gasteiger partial charge in [-0.2, -0.15) is 13.9 Å². The first-order chi connectivity index (χ1) is 16.0. The zero-order valence-corrected chi connectivity index (χ0v) is 22.0. The van der Waals surface area contributed by atoms with Crippen LogP contribution in [0.2, 0.25) is 5.02 Å². The molecule has 0 aliphatic heterocycles. The smallest absolute Gasteiger partial charge is 0.394 e. The van der Waals surface area contributed by atoms with Crippen molar-refractivity contribution < 1.29 is 27.9 Å². The van der Waals surface area contributed by atoms with Gasteiger partial charge in [-0.25, -0.2) is 9.67 Å². The van der Waals surface area contributed by atoms with E-state index in [1.807, 2.05) is 31.2 Å². The predicted molar refractivity (Wildman–Crippen MR) is 132 cm³/mol. The molecule has 0 atom stereocenters. The van der Waals surface area contributed by atoms with Crippen molar-refractivity contribution in [1.82, 2.24) is 9.78 Å². The fourth-order valence-electron chi connectivity index (χ4n) is 2.95. The Morgan fingerprint density at radius 3 is 2.71 bits per heavy atom. The molecule has 0 saturated heterocycles. The number of unbranched alkanes of at least 4 members (excludes halogenated alkanes) is 1. The highest BCUT2D eigenvalue weighted by atomic mass is 79.9. The van der Waals surface area contributed by atoms with Crippen molar-refractivity contribution in [2.45, 2.75) is 38.4 Å². The number of rotatable bonds is 10. The SMILES string of the molecule is CCOc1cccc(-c2nn(CCCCC(F)(F)P(=O)(O)O)c(=Nc3ccc(Br)c(Cl)c3)s2)c1. The third-order valence-corrected chi connectivity index (χ3v) is 7.97. The van der Waals surface area contributed by atoms with E-state index in [9.17, 15) is 13.3 Å². The van der Waals surface area contributed by atoms with Gasteiger partial charge in [-0.05, 0) is 66.0 Å². The first-order valence-corrected chi connectivity index (χ1v) is 13.8. The van der Waals surface area contributed by atoms with Crippen LogP contribution in [0.3, 0.4) is 0 Å². The van der Waals surface area contributed by atoms with Gasteiger partial charge in [-0.1, -0.05) is 35.1 Å². The highest BCUT2D eigenvalue weighted by Crippen LogP contribution is 2.55. The molecule has 7 nitrogen and oxygen atoms in total. The first-order valence-electron chi connectivity index (χ1n) is 10.2. The molecular formula is C21H22BrClF2N3O4PS. The molecule has 2 aromatic carbocycles. The van der Waals surface area contributed by atoms with Crippen LogP contribution in [-0.2, 0) is 11.1 Å². The zero-order valence-electron chi connectivity index (χ0n) is 18.0. The monoisotopic (exact) mass is 595 g/mol. The lowest BCUT2D eigenvalue weighted by Gasteiger charge is -2.17. The molecule has 2 N–H and O–H groups in total. The lowest BCUT2D eigenvalue weighted by atomic mass is 10.2. The van der Waals surface area contributed by atoms with Crippen LogP contribution in [0, 0.1) is 0 Å². The maximum Gasteiger partial charge on any atom is 0.394 e. The van der Waals surface area contributed by atoms with Gasteiger partial charge in [-0.3, -0.25) is 4.57 Å². The van der Waals surface area contributed by atoms with Gasteiger partial charge in [0.05, 0.1) is 17.3 Å². The normalized spacial score (nSPS) is 12.9. The summed E-state index contributed by atoms with van der Waals surface area (Å²) in [4.78, 5) is 22.8. The Balaban J connectivity index is 1.90. The summed E-state index contributed by atoms with van der Waals surface area (Å²) < 4.78 is 46.0. The Bertz CT molecular complexity index is 1260. The molecule has 13 heteroatoms. The third kappa shape index (κ3) is 6.96. The minimum Gasteiger partial charge on any atom is -0.494 e. The largest absolute Gasteiger partial charge is 0.494 e. The average molecular weight is 597 g/mol. The number of hydrogen-bond acceptors (Lipinski definition) is 5. The molecule has 0 aliphatic rings. The fourth-order valence-corrected chi connectivity index (χ4v) is 4.77. The standard InChI is InChI=1S/C21H22BrClF2N3O4PS/c1-2-32-16-7-5-6-14(12-16)19-27-28(11-4-3-10-21(24,25)33(29,30)31)20(34-19)26-15-8-9-17(22)18(23)13-15/h5-9,12-13H,2-4,10-11H2,1H3,(H2,29,30,31). The summed E-state index contributed by atoms with van der Waals surface area (Å²) in [6.45, 7) is 2.65. The molecule has 0 fully saturated rings. The highest BCUT2D eigenvalue weighted by Gasteiger charge is 2.47. The van der Waals surface area contributed by atoms with Gasteiger partial charge in [-0.15, -0.1) is 0 Å². The van der Waals surface area contributed by atoms with Gasteiger partial charge in [0.15, 0.2) is 0 Å². The second-order valence-corrected chi connectivity index (χ2v) is 11.2. The van der Waals surface area contributed by atoms with E-state index in [2.05, 4.69) is 26.0 Å². The fraction of sp³-hybridized carbons (Fsp3) is 0.333. The average Bonchev–Trinajstić information content (AvgIpc) is 3.16. The molecule has 0 bridgehead atoms. The van der Waals surface area contributed by atoms with Crippen LogP contribution in [0.4, 0.5) is 14.5 Å². The van der Waals surface area contributed by atoms with Gasteiger partial charge >= 0.3 is 13.3 Å².